The van der Waals surface area contributed by atoms with Crippen molar-refractivity contribution in [1.29, 1.82) is 0 Å². The van der Waals surface area contributed by atoms with Gasteiger partial charge in [0.1, 0.15) is 4.99 Å². The van der Waals surface area contributed by atoms with Gasteiger partial charge in [0.2, 0.25) is 5.88 Å². The summed E-state index contributed by atoms with van der Waals surface area (Å²) < 4.78 is 11.4. The van der Waals surface area contributed by atoms with Gasteiger partial charge >= 0.3 is 0 Å². The molecule has 1 aromatic carbocycles. The van der Waals surface area contributed by atoms with Gasteiger partial charge in [-0.05, 0) is 38.1 Å². The number of rotatable bonds is 5. The molecule has 2 N–H and O–H groups in total. The van der Waals surface area contributed by atoms with E-state index in [2.05, 4.69) is 4.98 Å². The van der Waals surface area contributed by atoms with Crippen molar-refractivity contribution in [2.45, 2.75) is 13.8 Å². The first-order chi connectivity index (χ1) is 9.61. The molecule has 0 aliphatic heterocycles. The second-order valence-corrected chi connectivity index (χ2v) is 4.59. The number of benzene rings is 1. The summed E-state index contributed by atoms with van der Waals surface area (Å²) >= 11 is 5.02. The van der Waals surface area contributed by atoms with Gasteiger partial charge in [-0.1, -0.05) is 24.4 Å². The minimum Gasteiger partial charge on any atom is -0.490 e. The van der Waals surface area contributed by atoms with Gasteiger partial charge in [-0.15, -0.1) is 0 Å². The highest BCUT2D eigenvalue weighted by molar-refractivity contribution is 7.80. The third-order valence-electron chi connectivity index (χ3n) is 2.62. The number of hydrogen-bond donors (Lipinski definition) is 1. The Morgan fingerprint density at radius 3 is 2.55 bits per heavy atom. The Morgan fingerprint density at radius 2 is 1.90 bits per heavy atom. The predicted molar refractivity (Wildman–Crippen MR) is 82.5 cm³/mol. The molecule has 1 aromatic heterocycles. The topological polar surface area (TPSA) is 57.4 Å². The molecule has 5 heteroatoms. The molecule has 104 valence electrons. The number of aromatic nitrogens is 1. The third-order valence-corrected chi connectivity index (χ3v) is 2.84. The van der Waals surface area contributed by atoms with Crippen molar-refractivity contribution >= 4 is 17.2 Å². The normalized spacial score (nSPS) is 10.1. The van der Waals surface area contributed by atoms with E-state index in [9.17, 15) is 0 Å². The van der Waals surface area contributed by atoms with Crippen molar-refractivity contribution in [3.05, 3.63) is 47.7 Å². The maximum absolute atomic E-state index is 5.83. The van der Waals surface area contributed by atoms with E-state index in [1.165, 1.54) is 0 Å². The number of aryl methyl sites for hydroxylation is 1. The van der Waals surface area contributed by atoms with Gasteiger partial charge in [-0.2, -0.15) is 0 Å². The molecule has 0 amide bonds. The summed E-state index contributed by atoms with van der Waals surface area (Å²) in [6, 6.07) is 11.1. The van der Waals surface area contributed by atoms with E-state index in [1.54, 1.807) is 0 Å². The molecule has 0 saturated carbocycles. The average Bonchev–Trinajstić information content (AvgIpc) is 2.41. The molecule has 0 spiro atoms. The Bertz CT molecular complexity index is 629. The highest BCUT2D eigenvalue weighted by Crippen LogP contribution is 2.32. The van der Waals surface area contributed by atoms with E-state index < -0.39 is 0 Å². The maximum Gasteiger partial charge on any atom is 0.229 e. The summed E-state index contributed by atoms with van der Waals surface area (Å²) in [5, 5.41) is 0. The lowest BCUT2D eigenvalue weighted by molar-refractivity contribution is 0.319. The molecule has 0 radical (unpaired) electrons. The van der Waals surface area contributed by atoms with E-state index in [-0.39, 0.29) is 4.99 Å². The van der Waals surface area contributed by atoms with Crippen molar-refractivity contribution in [1.82, 2.24) is 4.98 Å². The number of pyridine rings is 1. The first kappa shape index (κ1) is 14.3. The van der Waals surface area contributed by atoms with Crippen LogP contribution < -0.4 is 15.2 Å². The Kier molecular flexibility index (Phi) is 4.53. The monoisotopic (exact) mass is 288 g/mol. The van der Waals surface area contributed by atoms with Gasteiger partial charge in [-0.3, -0.25) is 0 Å². The number of ether oxygens (including phenoxy) is 2. The van der Waals surface area contributed by atoms with Crippen molar-refractivity contribution in [3.63, 3.8) is 0 Å². The van der Waals surface area contributed by atoms with Crippen LogP contribution in [0.1, 0.15) is 18.2 Å². The second kappa shape index (κ2) is 6.34. The zero-order chi connectivity index (χ0) is 14.5. The third kappa shape index (κ3) is 3.24. The summed E-state index contributed by atoms with van der Waals surface area (Å²) in [6.45, 7) is 4.36. The van der Waals surface area contributed by atoms with E-state index in [0.29, 0.717) is 29.5 Å². The smallest absolute Gasteiger partial charge is 0.229 e. The van der Waals surface area contributed by atoms with Gasteiger partial charge in [0.25, 0.3) is 0 Å². The van der Waals surface area contributed by atoms with E-state index in [0.717, 1.165) is 5.69 Å². The Balaban J connectivity index is 2.39. The molecular weight excluding hydrogens is 272 g/mol. The van der Waals surface area contributed by atoms with E-state index >= 15 is 0 Å². The van der Waals surface area contributed by atoms with Crippen LogP contribution in [-0.2, 0) is 0 Å². The van der Waals surface area contributed by atoms with E-state index in [1.807, 2.05) is 50.2 Å². The van der Waals surface area contributed by atoms with Crippen molar-refractivity contribution in [2.24, 2.45) is 5.73 Å². The van der Waals surface area contributed by atoms with Crippen LogP contribution in [0.3, 0.4) is 0 Å². The summed E-state index contributed by atoms with van der Waals surface area (Å²) in [5.41, 5.74) is 7.13. The molecular formula is C15H16N2O2S. The lowest BCUT2D eigenvalue weighted by Gasteiger charge is -2.13. The zero-order valence-electron chi connectivity index (χ0n) is 11.4. The van der Waals surface area contributed by atoms with Gasteiger partial charge in [0, 0.05) is 5.69 Å². The largest absolute Gasteiger partial charge is 0.490 e. The molecule has 0 bridgehead atoms. The molecule has 0 saturated heterocycles. The van der Waals surface area contributed by atoms with Crippen LogP contribution >= 0.6 is 12.2 Å². The molecule has 4 nitrogen and oxygen atoms in total. The fourth-order valence-electron chi connectivity index (χ4n) is 1.71. The van der Waals surface area contributed by atoms with Crippen molar-refractivity contribution in [2.75, 3.05) is 6.61 Å². The number of nitrogens with two attached hydrogens (primary N) is 1. The fourth-order valence-corrected chi connectivity index (χ4v) is 1.87. The molecule has 2 aromatic rings. The molecule has 0 fully saturated rings. The van der Waals surface area contributed by atoms with Crippen LogP contribution in [-0.4, -0.2) is 16.6 Å². The summed E-state index contributed by atoms with van der Waals surface area (Å²) in [6.07, 6.45) is 0. The first-order valence-corrected chi connectivity index (χ1v) is 6.69. The number of nitrogens with zero attached hydrogens (tertiary/aromatic N) is 1. The number of thiocarbonyl (C=S) groups is 1. The molecule has 0 aliphatic carbocycles. The molecule has 0 aliphatic rings. The number of hydrogen-bond acceptors (Lipinski definition) is 4. The Hall–Kier alpha value is -2.14. The fraction of sp³-hybridized carbons (Fsp3) is 0.200. The van der Waals surface area contributed by atoms with Gasteiger partial charge in [0.15, 0.2) is 11.5 Å². The summed E-state index contributed by atoms with van der Waals surface area (Å²) in [7, 11) is 0. The van der Waals surface area contributed by atoms with Gasteiger partial charge in [0.05, 0.1) is 12.2 Å². The van der Waals surface area contributed by atoms with Crippen LogP contribution in [0.5, 0.6) is 17.4 Å². The average molecular weight is 288 g/mol. The second-order valence-electron chi connectivity index (χ2n) is 4.15. The molecule has 2 rings (SSSR count). The Morgan fingerprint density at radius 1 is 1.20 bits per heavy atom. The van der Waals surface area contributed by atoms with Crippen LogP contribution in [0.25, 0.3) is 0 Å². The molecule has 1 heterocycles. The first-order valence-electron chi connectivity index (χ1n) is 6.29. The standard InChI is InChI=1S/C15H16N2O2S/c1-3-18-12-6-4-5-7-13(12)19-15-11(14(16)20)9-8-10(2)17-15/h4-9H,3H2,1-2H3,(H2,16,20). The predicted octanol–water partition coefficient (Wildman–Crippen LogP) is 3.22. The molecule has 0 unspecified atom stereocenters. The highest BCUT2D eigenvalue weighted by atomic mass is 32.1. The minimum atomic E-state index is 0.251. The molecule has 20 heavy (non-hydrogen) atoms. The van der Waals surface area contributed by atoms with Crippen LogP contribution in [0, 0.1) is 6.92 Å². The van der Waals surface area contributed by atoms with Crippen LogP contribution in [0.4, 0.5) is 0 Å². The quantitative estimate of drug-likeness (QED) is 0.856. The van der Waals surface area contributed by atoms with Crippen molar-refractivity contribution in [3.8, 4) is 17.4 Å². The molecule has 0 atom stereocenters. The van der Waals surface area contributed by atoms with Crippen LogP contribution in [0.15, 0.2) is 36.4 Å². The van der Waals surface area contributed by atoms with Crippen molar-refractivity contribution < 1.29 is 9.47 Å². The van der Waals surface area contributed by atoms with Gasteiger partial charge < -0.3 is 15.2 Å². The van der Waals surface area contributed by atoms with Gasteiger partial charge in [-0.25, -0.2) is 4.98 Å². The Labute approximate surface area is 123 Å². The lowest BCUT2D eigenvalue weighted by Crippen LogP contribution is -2.12. The number of para-hydroxylation sites is 2. The highest BCUT2D eigenvalue weighted by Gasteiger charge is 2.12. The lowest BCUT2D eigenvalue weighted by atomic mass is 10.2. The van der Waals surface area contributed by atoms with Crippen LogP contribution in [0.2, 0.25) is 0 Å². The summed E-state index contributed by atoms with van der Waals surface area (Å²) in [4.78, 5) is 4.60. The SMILES string of the molecule is CCOc1ccccc1Oc1nc(C)ccc1C(N)=S. The maximum atomic E-state index is 5.83. The summed E-state index contributed by atoms with van der Waals surface area (Å²) in [5.74, 6) is 1.64. The zero-order valence-corrected chi connectivity index (χ0v) is 12.2. The van der Waals surface area contributed by atoms with E-state index in [4.69, 9.17) is 27.4 Å². The minimum absolute atomic E-state index is 0.251.